The number of ether oxygens (including phenoxy) is 4. The average Bonchev–Trinajstić information content (AvgIpc) is 3.16. The number of aliphatic hydroxyl groups is 1. The van der Waals surface area contributed by atoms with Crippen LogP contribution in [0.1, 0.15) is 194 Å². The molecule has 1 aromatic rings. The molecule has 8 nitrogen and oxygen atoms in total. The van der Waals surface area contributed by atoms with E-state index < -0.39 is 39.0 Å². The van der Waals surface area contributed by atoms with Crippen molar-refractivity contribution in [2.45, 2.75) is 244 Å². The molecule has 2 rings (SSSR count). The van der Waals surface area contributed by atoms with E-state index in [1.807, 2.05) is 30.3 Å². The minimum atomic E-state index is -2.24. The molecule has 0 radical (unpaired) electrons. The quantitative estimate of drug-likeness (QED) is 0.0436. The fraction of sp³-hybridized carbons (Fsp3) is 0.830. The number of carbonyl (C=O) groups is 2. The lowest BCUT2D eigenvalue weighted by Gasteiger charge is -2.45. The molecule has 0 unspecified atom stereocenters. The van der Waals surface area contributed by atoms with E-state index in [1.54, 1.807) is 0 Å². The Morgan fingerprint density at radius 1 is 0.625 bits per heavy atom. The number of aliphatic hydroxyl groups excluding tert-OH is 1. The van der Waals surface area contributed by atoms with Crippen molar-refractivity contribution in [2.75, 3.05) is 6.61 Å². The Morgan fingerprint density at radius 3 is 1.46 bits per heavy atom. The van der Waals surface area contributed by atoms with Crippen LogP contribution in [-0.4, -0.2) is 62.7 Å². The largest absolute Gasteiger partial charge is 0.455 e. The summed E-state index contributed by atoms with van der Waals surface area (Å²) in [5.41, 5.74) is 0.902. The van der Waals surface area contributed by atoms with E-state index in [2.05, 4.69) is 47.7 Å². The molecule has 0 aromatic heterocycles. The number of rotatable bonds is 32. The molecule has 1 N–H and O–H groups in total. The van der Waals surface area contributed by atoms with Crippen molar-refractivity contribution in [1.82, 2.24) is 0 Å². The summed E-state index contributed by atoms with van der Waals surface area (Å²) < 4.78 is 31.4. The second-order valence-electron chi connectivity index (χ2n) is 17.9. The fourth-order valence-electron chi connectivity index (χ4n) is 7.05. The van der Waals surface area contributed by atoms with E-state index in [-0.39, 0.29) is 43.0 Å². The van der Waals surface area contributed by atoms with Gasteiger partial charge in [0.15, 0.2) is 26.8 Å². The van der Waals surface area contributed by atoms with Crippen LogP contribution < -0.4 is 0 Å². The van der Waals surface area contributed by atoms with Gasteiger partial charge in [-0.2, -0.15) is 0 Å². The Kier molecular flexibility index (Phi) is 26.5. The molecule has 0 aliphatic carbocycles. The van der Waals surface area contributed by atoms with Gasteiger partial charge < -0.3 is 28.5 Å². The molecular weight excluding hydrogens is 721 g/mol. The molecule has 0 amide bonds. The third-order valence-corrected chi connectivity index (χ3v) is 16.3. The first-order valence-corrected chi connectivity index (χ1v) is 25.8. The summed E-state index contributed by atoms with van der Waals surface area (Å²) in [6.45, 7) is 15.5. The SMILES string of the molecule is CCCCCCCCCCCCCC(=O)O[C@@H]1[C@@H](OCc2ccccc2)[C@@H](O)O[C@H](CO[Si](C)(C)C(C)(C)C)[C@H]1OC(=O)CCCCCCCCCCCCC. The molecule has 1 heterocycles. The maximum atomic E-state index is 13.5. The number of carbonyl (C=O) groups excluding carboxylic acids is 2. The van der Waals surface area contributed by atoms with Crippen LogP contribution in [-0.2, 0) is 39.6 Å². The Morgan fingerprint density at radius 2 is 1.04 bits per heavy atom. The maximum Gasteiger partial charge on any atom is 0.306 e. The van der Waals surface area contributed by atoms with Gasteiger partial charge in [-0.3, -0.25) is 9.59 Å². The Balaban J connectivity index is 2.09. The summed E-state index contributed by atoms with van der Waals surface area (Å²) in [6, 6.07) is 9.64. The number of esters is 2. The highest BCUT2D eigenvalue weighted by Gasteiger charge is 2.51. The van der Waals surface area contributed by atoms with Crippen molar-refractivity contribution in [1.29, 1.82) is 0 Å². The smallest absolute Gasteiger partial charge is 0.306 e. The van der Waals surface area contributed by atoms with Gasteiger partial charge in [0.1, 0.15) is 12.2 Å². The van der Waals surface area contributed by atoms with Gasteiger partial charge in [0.2, 0.25) is 0 Å². The van der Waals surface area contributed by atoms with E-state index in [4.69, 9.17) is 23.4 Å². The first kappa shape index (κ1) is 50.4. The van der Waals surface area contributed by atoms with Crippen LogP contribution in [0.4, 0.5) is 0 Å². The number of hydrogen-bond acceptors (Lipinski definition) is 8. The highest BCUT2D eigenvalue weighted by atomic mass is 28.4. The van der Waals surface area contributed by atoms with Gasteiger partial charge in [-0.1, -0.05) is 193 Å². The van der Waals surface area contributed by atoms with Gasteiger partial charge in [0, 0.05) is 12.8 Å². The summed E-state index contributed by atoms with van der Waals surface area (Å²) in [6.07, 6.45) is 21.3. The zero-order valence-corrected chi connectivity index (χ0v) is 38.0. The normalized spacial score (nSPS) is 20.2. The fourth-order valence-corrected chi connectivity index (χ4v) is 8.06. The molecule has 1 aromatic carbocycles. The van der Waals surface area contributed by atoms with Crippen molar-refractivity contribution in [2.24, 2.45) is 0 Å². The Labute approximate surface area is 344 Å². The lowest BCUT2D eigenvalue weighted by Crippen LogP contribution is -2.62. The van der Waals surface area contributed by atoms with Crippen LogP contribution >= 0.6 is 0 Å². The number of hydrogen-bond donors (Lipinski definition) is 1. The second kappa shape index (κ2) is 29.4. The maximum absolute atomic E-state index is 13.5. The van der Waals surface area contributed by atoms with Crippen LogP contribution in [0.3, 0.4) is 0 Å². The van der Waals surface area contributed by atoms with Crippen molar-refractivity contribution >= 4 is 20.3 Å². The minimum Gasteiger partial charge on any atom is -0.455 e. The van der Waals surface area contributed by atoms with Crippen molar-refractivity contribution in [3.63, 3.8) is 0 Å². The van der Waals surface area contributed by atoms with E-state index in [1.165, 1.54) is 103 Å². The second-order valence-corrected chi connectivity index (χ2v) is 22.7. The molecule has 9 heteroatoms. The molecule has 1 aliphatic heterocycles. The third-order valence-electron chi connectivity index (χ3n) is 11.8. The zero-order chi connectivity index (χ0) is 41.1. The van der Waals surface area contributed by atoms with Gasteiger partial charge in [-0.05, 0) is 36.5 Å². The Bertz CT molecular complexity index is 1140. The van der Waals surface area contributed by atoms with Crippen molar-refractivity contribution in [3.05, 3.63) is 35.9 Å². The Hall–Kier alpha value is -1.78. The monoisotopic (exact) mass is 805 g/mol. The lowest BCUT2D eigenvalue weighted by molar-refractivity contribution is -0.303. The van der Waals surface area contributed by atoms with Gasteiger partial charge in [0.25, 0.3) is 0 Å². The lowest BCUT2D eigenvalue weighted by atomic mass is 9.98. The molecule has 5 atom stereocenters. The van der Waals surface area contributed by atoms with E-state index in [0.717, 1.165) is 44.1 Å². The third kappa shape index (κ3) is 21.3. The van der Waals surface area contributed by atoms with Gasteiger partial charge in [0.05, 0.1) is 13.2 Å². The van der Waals surface area contributed by atoms with Gasteiger partial charge in [-0.25, -0.2) is 0 Å². The van der Waals surface area contributed by atoms with Gasteiger partial charge in [-0.15, -0.1) is 0 Å². The minimum absolute atomic E-state index is 0.0661. The summed E-state index contributed by atoms with van der Waals surface area (Å²) in [7, 11) is -2.24. The van der Waals surface area contributed by atoms with E-state index in [0.29, 0.717) is 0 Å². The highest BCUT2D eigenvalue weighted by Crippen LogP contribution is 2.38. The van der Waals surface area contributed by atoms with Crippen LogP contribution in [0, 0.1) is 0 Å². The molecule has 324 valence electrons. The topological polar surface area (TPSA) is 101 Å². The summed E-state index contributed by atoms with van der Waals surface area (Å²) in [5, 5.41) is 11.3. The summed E-state index contributed by atoms with van der Waals surface area (Å²) in [4.78, 5) is 27.0. The van der Waals surface area contributed by atoms with Crippen LogP contribution in [0.2, 0.25) is 18.1 Å². The molecule has 0 spiro atoms. The molecule has 0 bridgehead atoms. The van der Waals surface area contributed by atoms with Crippen LogP contribution in [0.5, 0.6) is 0 Å². The van der Waals surface area contributed by atoms with Crippen molar-refractivity contribution in [3.8, 4) is 0 Å². The first-order valence-electron chi connectivity index (χ1n) is 22.9. The summed E-state index contributed by atoms with van der Waals surface area (Å²) in [5.74, 6) is -0.750. The predicted molar refractivity (Wildman–Crippen MR) is 231 cm³/mol. The molecule has 56 heavy (non-hydrogen) atoms. The zero-order valence-electron chi connectivity index (χ0n) is 37.0. The number of unbranched alkanes of at least 4 members (excludes halogenated alkanes) is 20. The molecule has 0 saturated carbocycles. The average molecular weight is 805 g/mol. The molecule has 1 aliphatic rings. The highest BCUT2D eigenvalue weighted by molar-refractivity contribution is 6.74. The first-order chi connectivity index (χ1) is 26.9. The molecule has 1 fully saturated rings. The standard InChI is InChI=1S/C47H84O8Si/c1-8-10-12-14-16-18-20-22-24-26-31-35-41(48)54-43-40(38-52-56(6,7)47(3,4)5)53-46(50)45(51-37-39-33-29-28-30-34-39)44(43)55-42(49)36-32-27-25-23-21-19-17-15-13-11-9-2/h28-30,33-34,40,43-46,50H,8-27,31-32,35-38H2,1-7H3/t40-,43-,44+,45-,46+/m1/s1. The van der Waals surface area contributed by atoms with Gasteiger partial charge >= 0.3 is 11.9 Å². The molecule has 1 saturated heterocycles. The number of benzene rings is 1. The summed E-state index contributed by atoms with van der Waals surface area (Å²) >= 11 is 0. The van der Waals surface area contributed by atoms with E-state index >= 15 is 0 Å². The van der Waals surface area contributed by atoms with E-state index in [9.17, 15) is 14.7 Å². The molecular formula is C47H84O8Si. The predicted octanol–water partition coefficient (Wildman–Crippen LogP) is 12.5. The van der Waals surface area contributed by atoms with Crippen LogP contribution in [0.15, 0.2) is 30.3 Å². The van der Waals surface area contributed by atoms with Crippen LogP contribution in [0.25, 0.3) is 0 Å². The van der Waals surface area contributed by atoms with Crippen molar-refractivity contribution < 1.29 is 38.1 Å².